The van der Waals surface area contributed by atoms with Crippen molar-refractivity contribution in [1.29, 1.82) is 0 Å². The Bertz CT molecular complexity index is 386. The minimum Gasteiger partial charge on any atom is -0.382 e. The van der Waals surface area contributed by atoms with Crippen LogP contribution in [0.15, 0.2) is 24.3 Å². The normalized spacial score (nSPS) is 24.9. The zero-order chi connectivity index (χ0) is 12.5. The molecule has 0 heterocycles. The highest BCUT2D eigenvalue weighted by Gasteiger charge is 2.34. The summed E-state index contributed by atoms with van der Waals surface area (Å²) < 4.78 is 38.3. The third kappa shape index (κ3) is 2.93. The molecule has 2 unspecified atom stereocenters. The van der Waals surface area contributed by atoms with E-state index in [0.29, 0.717) is 5.92 Å². The van der Waals surface area contributed by atoms with Crippen molar-refractivity contribution in [2.24, 2.45) is 5.92 Å². The predicted molar refractivity (Wildman–Crippen MR) is 61.9 cm³/mol. The molecule has 1 saturated carbocycles. The number of alkyl halides is 3. The molecule has 1 nitrogen and oxygen atoms in total. The smallest absolute Gasteiger partial charge is 0.382 e. The van der Waals surface area contributed by atoms with Crippen LogP contribution >= 0.6 is 0 Å². The average molecular weight is 243 g/mol. The van der Waals surface area contributed by atoms with Gasteiger partial charge in [0.05, 0.1) is 5.56 Å². The molecule has 94 valence electrons. The van der Waals surface area contributed by atoms with Crippen LogP contribution in [0.5, 0.6) is 0 Å². The minimum atomic E-state index is -4.28. The van der Waals surface area contributed by atoms with Gasteiger partial charge in [0.15, 0.2) is 0 Å². The fourth-order valence-electron chi connectivity index (χ4n) is 2.41. The lowest BCUT2D eigenvalue weighted by Crippen LogP contribution is -2.18. The predicted octanol–water partition coefficient (Wildman–Crippen LogP) is 4.31. The van der Waals surface area contributed by atoms with Crippen LogP contribution in [0, 0.1) is 5.92 Å². The van der Waals surface area contributed by atoms with E-state index >= 15 is 0 Å². The van der Waals surface area contributed by atoms with Gasteiger partial charge in [0.25, 0.3) is 0 Å². The zero-order valence-corrected chi connectivity index (χ0v) is 9.72. The SMILES string of the molecule is CC1CCC(Nc2ccccc2C(F)(F)F)C1. The lowest BCUT2D eigenvalue weighted by molar-refractivity contribution is -0.137. The first-order chi connectivity index (χ1) is 7.97. The highest BCUT2D eigenvalue weighted by Crippen LogP contribution is 2.36. The van der Waals surface area contributed by atoms with Gasteiger partial charge in [-0.3, -0.25) is 0 Å². The van der Waals surface area contributed by atoms with Crippen LogP contribution < -0.4 is 5.32 Å². The van der Waals surface area contributed by atoms with Crippen LogP contribution in [0.4, 0.5) is 18.9 Å². The summed E-state index contributed by atoms with van der Waals surface area (Å²) in [6.45, 7) is 2.14. The summed E-state index contributed by atoms with van der Waals surface area (Å²) >= 11 is 0. The third-order valence-electron chi connectivity index (χ3n) is 3.29. The maximum absolute atomic E-state index is 12.8. The second-order valence-electron chi connectivity index (χ2n) is 4.80. The summed E-state index contributed by atoms with van der Waals surface area (Å²) in [4.78, 5) is 0. The van der Waals surface area contributed by atoms with Gasteiger partial charge in [0, 0.05) is 11.7 Å². The van der Waals surface area contributed by atoms with Crippen LogP contribution in [0.1, 0.15) is 31.7 Å². The lowest BCUT2D eigenvalue weighted by atomic mass is 10.1. The maximum Gasteiger partial charge on any atom is 0.418 e. The number of rotatable bonds is 2. The lowest BCUT2D eigenvalue weighted by Gasteiger charge is -2.18. The van der Waals surface area contributed by atoms with Crippen molar-refractivity contribution in [2.75, 3.05) is 5.32 Å². The van der Waals surface area contributed by atoms with E-state index in [1.807, 2.05) is 0 Å². The molecule has 1 fully saturated rings. The molecule has 1 N–H and O–H groups in total. The molecule has 1 aromatic carbocycles. The Morgan fingerprint density at radius 2 is 1.88 bits per heavy atom. The van der Waals surface area contributed by atoms with Gasteiger partial charge in [-0.15, -0.1) is 0 Å². The average Bonchev–Trinajstić information content (AvgIpc) is 2.63. The summed E-state index contributed by atoms with van der Waals surface area (Å²) in [5, 5.41) is 3.03. The van der Waals surface area contributed by atoms with Gasteiger partial charge in [-0.2, -0.15) is 13.2 Å². The van der Waals surface area contributed by atoms with E-state index in [4.69, 9.17) is 0 Å². The minimum absolute atomic E-state index is 0.175. The number of hydrogen-bond donors (Lipinski definition) is 1. The van der Waals surface area contributed by atoms with Gasteiger partial charge in [0.1, 0.15) is 0 Å². The molecule has 17 heavy (non-hydrogen) atoms. The summed E-state index contributed by atoms with van der Waals surface area (Å²) in [7, 11) is 0. The van der Waals surface area contributed by atoms with E-state index in [9.17, 15) is 13.2 Å². The molecule has 0 amide bonds. The third-order valence-corrected chi connectivity index (χ3v) is 3.29. The van der Waals surface area contributed by atoms with Crippen LogP contribution in [-0.2, 0) is 6.18 Å². The highest BCUT2D eigenvalue weighted by atomic mass is 19.4. The Labute approximate surface area is 99.0 Å². The van der Waals surface area contributed by atoms with E-state index in [2.05, 4.69) is 12.2 Å². The van der Waals surface area contributed by atoms with Gasteiger partial charge >= 0.3 is 6.18 Å². The van der Waals surface area contributed by atoms with Crippen molar-refractivity contribution in [2.45, 2.75) is 38.4 Å². The molecule has 2 rings (SSSR count). The second kappa shape index (κ2) is 4.59. The van der Waals surface area contributed by atoms with E-state index in [1.165, 1.54) is 12.1 Å². The Morgan fingerprint density at radius 3 is 2.47 bits per heavy atom. The molecule has 0 radical (unpaired) electrons. The molecule has 0 aliphatic heterocycles. The number of anilines is 1. The van der Waals surface area contributed by atoms with Crippen molar-refractivity contribution in [3.8, 4) is 0 Å². The zero-order valence-electron chi connectivity index (χ0n) is 9.72. The van der Waals surface area contributed by atoms with E-state index in [-0.39, 0.29) is 11.7 Å². The van der Waals surface area contributed by atoms with Gasteiger partial charge in [-0.05, 0) is 37.3 Å². The molecule has 1 aliphatic rings. The first-order valence-electron chi connectivity index (χ1n) is 5.89. The van der Waals surface area contributed by atoms with E-state index in [1.54, 1.807) is 6.07 Å². The van der Waals surface area contributed by atoms with Gasteiger partial charge in [-0.1, -0.05) is 19.1 Å². The Balaban J connectivity index is 2.15. The Morgan fingerprint density at radius 1 is 1.18 bits per heavy atom. The van der Waals surface area contributed by atoms with Crippen LogP contribution in [0.3, 0.4) is 0 Å². The molecule has 2 atom stereocenters. The van der Waals surface area contributed by atoms with Crippen molar-refractivity contribution < 1.29 is 13.2 Å². The quantitative estimate of drug-likeness (QED) is 0.816. The van der Waals surface area contributed by atoms with Crippen molar-refractivity contribution in [1.82, 2.24) is 0 Å². The number of nitrogens with one attached hydrogen (secondary N) is 1. The molecular formula is C13H16F3N. The molecule has 1 aromatic rings. The summed E-state index contributed by atoms with van der Waals surface area (Å²) in [6.07, 6.45) is -1.29. The first-order valence-corrected chi connectivity index (χ1v) is 5.89. The van der Waals surface area contributed by atoms with Gasteiger partial charge < -0.3 is 5.32 Å². The Kier molecular flexibility index (Phi) is 3.31. The monoisotopic (exact) mass is 243 g/mol. The van der Waals surface area contributed by atoms with Crippen molar-refractivity contribution >= 4 is 5.69 Å². The molecular weight excluding hydrogens is 227 g/mol. The van der Waals surface area contributed by atoms with Crippen LogP contribution in [0.25, 0.3) is 0 Å². The fraction of sp³-hybridized carbons (Fsp3) is 0.538. The largest absolute Gasteiger partial charge is 0.418 e. The van der Waals surface area contributed by atoms with Crippen molar-refractivity contribution in [3.63, 3.8) is 0 Å². The van der Waals surface area contributed by atoms with Gasteiger partial charge in [0.2, 0.25) is 0 Å². The summed E-state index contributed by atoms with van der Waals surface area (Å²) in [6, 6.07) is 5.86. The molecule has 4 heteroatoms. The van der Waals surface area contributed by atoms with E-state index in [0.717, 1.165) is 25.3 Å². The highest BCUT2D eigenvalue weighted by molar-refractivity contribution is 5.53. The number of benzene rings is 1. The fourth-order valence-corrected chi connectivity index (χ4v) is 2.41. The Hall–Kier alpha value is -1.19. The number of halogens is 3. The molecule has 0 aromatic heterocycles. The molecule has 0 spiro atoms. The summed E-state index contributed by atoms with van der Waals surface area (Å²) in [5.74, 6) is 0.602. The van der Waals surface area contributed by atoms with Crippen LogP contribution in [0.2, 0.25) is 0 Å². The molecule has 0 bridgehead atoms. The van der Waals surface area contributed by atoms with E-state index < -0.39 is 11.7 Å². The number of para-hydroxylation sites is 1. The topological polar surface area (TPSA) is 12.0 Å². The molecule has 0 saturated heterocycles. The molecule has 1 aliphatic carbocycles. The first kappa shape index (κ1) is 12.3. The second-order valence-corrected chi connectivity index (χ2v) is 4.80. The summed E-state index contributed by atoms with van der Waals surface area (Å²) in [5.41, 5.74) is -0.362. The number of hydrogen-bond acceptors (Lipinski definition) is 1. The van der Waals surface area contributed by atoms with Crippen molar-refractivity contribution in [3.05, 3.63) is 29.8 Å². The van der Waals surface area contributed by atoms with Crippen LogP contribution in [-0.4, -0.2) is 6.04 Å². The maximum atomic E-state index is 12.8. The van der Waals surface area contributed by atoms with Gasteiger partial charge in [-0.25, -0.2) is 0 Å². The standard InChI is InChI=1S/C13H16F3N/c1-9-6-7-10(8-9)17-12-5-3-2-4-11(12)13(14,15)16/h2-5,9-10,17H,6-8H2,1H3.